The molecule has 3 aliphatic heterocycles. The van der Waals surface area contributed by atoms with E-state index in [1.54, 1.807) is 0 Å². The SMILES string of the molecule is Cc1cc2c(cc1CN1CCOC3(CCNCC3)C1)OCO2.Cl.Cl. The highest BCUT2D eigenvalue weighted by Crippen LogP contribution is 2.35. The molecule has 2 fully saturated rings. The zero-order chi connectivity index (χ0) is 15.0. The molecular weight excluding hydrogens is 351 g/mol. The maximum absolute atomic E-state index is 6.15. The number of rotatable bonds is 2. The smallest absolute Gasteiger partial charge is 0.231 e. The zero-order valence-electron chi connectivity index (χ0n) is 14.0. The molecule has 0 unspecified atom stereocenters. The maximum atomic E-state index is 6.15. The van der Waals surface area contributed by atoms with Crippen LogP contribution in [-0.2, 0) is 11.3 Å². The van der Waals surface area contributed by atoms with Gasteiger partial charge in [0.15, 0.2) is 11.5 Å². The average Bonchev–Trinajstić information content (AvgIpc) is 2.95. The van der Waals surface area contributed by atoms with Crippen LogP contribution >= 0.6 is 24.8 Å². The summed E-state index contributed by atoms with van der Waals surface area (Å²) < 4.78 is 17.1. The van der Waals surface area contributed by atoms with Gasteiger partial charge >= 0.3 is 0 Å². The second-order valence-corrected chi connectivity index (χ2v) is 6.62. The normalized spacial score (nSPS) is 21.9. The fraction of sp³-hybridized carbons (Fsp3) is 0.647. The van der Waals surface area contributed by atoms with Crippen LogP contribution < -0.4 is 14.8 Å². The predicted molar refractivity (Wildman–Crippen MR) is 97.9 cm³/mol. The van der Waals surface area contributed by atoms with Crippen LogP contribution in [0.25, 0.3) is 0 Å². The summed E-state index contributed by atoms with van der Waals surface area (Å²) >= 11 is 0. The number of benzene rings is 1. The second kappa shape index (κ2) is 8.11. The van der Waals surface area contributed by atoms with Gasteiger partial charge in [-0.2, -0.15) is 0 Å². The summed E-state index contributed by atoms with van der Waals surface area (Å²) in [6.45, 7) is 8.45. The molecule has 0 radical (unpaired) electrons. The number of nitrogens with one attached hydrogen (secondary N) is 1. The molecule has 1 aromatic rings. The van der Waals surface area contributed by atoms with Crippen molar-refractivity contribution in [3.63, 3.8) is 0 Å². The number of hydrogen-bond acceptors (Lipinski definition) is 5. The molecule has 1 spiro atoms. The van der Waals surface area contributed by atoms with Crippen molar-refractivity contribution in [3.05, 3.63) is 23.3 Å². The lowest BCUT2D eigenvalue weighted by molar-refractivity contribution is -0.125. The first-order valence-electron chi connectivity index (χ1n) is 8.20. The Balaban J connectivity index is 0.00000104. The monoisotopic (exact) mass is 376 g/mol. The number of aryl methyl sites for hydroxylation is 1. The minimum absolute atomic E-state index is 0. The summed E-state index contributed by atoms with van der Waals surface area (Å²) in [5.41, 5.74) is 2.67. The van der Waals surface area contributed by atoms with Crippen LogP contribution in [0.1, 0.15) is 24.0 Å². The third kappa shape index (κ3) is 3.92. The van der Waals surface area contributed by atoms with Crippen molar-refractivity contribution in [2.75, 3.05) is 39.6 Å². The van der Waals surface area contributed by atoms with Crippen molar-refractivity contribution >= 4 is 24.8 Å². The number of morpholine rings is 1. The van der Waals surface area contributed by atoms with E-state index in [9.17, 15) is 0 Å². The molecule has 2 saturated heterocycles. The fourth-order valence-corrected chi connectivity index (χ4v) is 3.74. The highest BCUT2D eigenvalue weighted by molar-refractivity contribution is 5.85. The Labute approximate surface area is 155 Å². The first-order chi connectivity index (χ1) is 10.7. The molecule has 3 aliphatic rings. The number of hydrogen-bond donors (Lipinski definition) is 1. The summed E-state index contributed by atoms with van der Waals surface area (Å²) in [6, 6.07) is 4.24. The summed E-state index contributed by atoms with van der Waals surface area (Å²) in [6.07, 6.45) is 2.23. The molecule has 0 amide bonds. The van der Waals surface area contributed by atoms with E-state index in [0.717, 1.165) is 63.7 Å². The van der Waals surface area contributed by atoms with Crippen LogP contribution in [0.4, 0.5) is 0 Å². The summed E-state index contributed by atoms with van der Waals surface area (Å²) in [5.74, 6) is 1.75. The molecule has 3 heterocycles. The lowest BCUT2D eigenvalue weighted by Gasteiger charge is -2.45. The third-order valence-electron chi connectivity index (χ3n) is 5.07. The zero-order valence-corrected chi connectivity index (χ0v) is 15.6. The van der Waals surface area contributed by atoms with Gasteiger partial charge in [-0.05, 0) is 56.1 Å². The van der Waals surface area contributed by atoms with E-state index in [1.165, 1.54) is 11.1 Å². The maximum Gasteiger partial charge on any atom is 0.231 e. The van der Waals surface area contributed by atoms with Crippen molar-refractivity contribution in [1.29, 1.82) is 0 Å². The Morgan fingerprint density at radius 2 is 1.83 bits per heavy atom. The molecule has 5 nitrogen and oxygen atoms in total. The van der Waals surface area contributed by atoms with Gasteiger partial charge in [0.05, 0.1) is 12.2 Å². The van der Waals surface area contributed by atoms with E-state index in [1.807, 2.05) is 0 Å². The van der Waals surface area contributed by atoms with Crippen LogP contribution in [0.3, 0.4) is 0 Å². The summed E-state index contributed by atoms with van der Waals surface area (Å²) in [4.78, 5) is 2.53. The molecule has 0 aliphatic carbocycles. The Morgan fingerprint density at radius 1 is 1.12 bits per heavy atom. The van der Waals surface area contributed by atoms with Crippen LogP contribution in [-0.4, -0.2) is 50.1 Å². The van der Waals surface area contributed by atoms with Gasteiger partial charge in [-0.15, -0.1) is 24.8 Å². The topological polar surface area (TPSA) is 43.0 Å². The van der Waals surface area contributed by atoms with Gasteiger partial charge < -0.3 is 19.5 Å². The van der Waals surface area contributed by atoms with E-state index in [2.05, 4.69) is 29.3 Å². The molecule has 0 aromatic heterocycles. The Kier molecular flexibility index (Phi) is 6.62. The van der Waals surface area contributed by atoms with E-state index >= 15 is 0 Å². The highest BCUT2D eigenvalue weighted by Gasteiger charge is 2.37. The van der Waals surface area contributed by atoms with Gasteiger partial charge in [-0.3, -0.25) is 4.90 Å². The quantitative estimate of drug-likeness (QED) is 0.858. The van der Waals surface area contributed by atoms with Crippen molar-refractivity contribution in [2.45, 2.75) is 31.9 Å². The number of fused-ring (bicyclic) bond motifs is 1. The fourth-order valence-electron chi connectivity index (χ4n) is 3.74. The van der Waals surface area contributed by atoms with E-state index in [4.69, 9.17) is 14.2 Å². The van der Waals surface area contributed by atoms with Crippen molar-refractivity contribution < 1.29 is 14.2 Å². The molecule has 4 rings (SSSR count). The van der Waals surface area contributed by atoms with Crippen molar-refractivity contribution in [1.82, 2.24) is 10.2 Å². The first kappa shape index (κ1) is 19.6. The molecule has 7 heteroatoms. The molecule has 1 N–H and O–H groups in total. The molecule has 0 atom stereocenters. The molecule has 1 aromatic carbocycles. The van der Waals surface area contributed by atoms with Crippen LogP contribution in [0.2, 0.25) is 0 Å². The Hall–Kier alpha value is -0.720. The van der Waals surface area contributed by atoms with E-state index in [0.29, 0.717) is 6.79 Å². The number of ether oxygens (including phenoxy) is 3. The minimum Gasteiger partial charge on any atom is -0.454 e. The molecule has 0 bridgehead atoms. The van der Waals surface area contributed by atoms with E-state index in [-0.39, 0.29) is 30.4 Å². The number of nitrogens with zero attached hydrogens (tertiary/aromatic N) is 1. The summed E-state index contributed by atoms with van der Waals surface area (Å²) in [7, 11) is 0. The van der Waals surface area contributed by atoms with Gasteiger partial charge in [-0.25, -0.2) is 0 Å². The molecule has 0 saturated carbocycles. The molecule has 24 heavy (non-hydrogen) atoms. The van der Waals surface area contributed by atoms with Crippen molar-refractivity contribution in [3.8, 4) is 11.5 Å². The Bertz CT molecular complexity index is 560. The lowest BCUT2D eigenvalue weighted by atomic mass is 9.90. The Morgan fingerprint density at radius 3 is 2.58 bits per heavy atom. The van der Waals surface area contributed by atoms with Crippen LogP contribution in [0.15, 0.2) is 12.1 Å². The number of piperidine rings is 1. The predicted octanol–water partition coefficient (Wildman–Crippen LogP) is 2.52. The van der Waals surface area contributed by atoms with Crippen LogP contribution in [0.5, 0.6) is 11.5 Å². The average molecular weight is 377 g/mol. The van der Waals surface area contributed by atoms with E-state index < -0.39 is 0 Å². The molecule has 136 valence electrons. The van der Waals surface area contributed by atoms with Gasteiger partial charge in [0.2, 0.25) is 6.79 Å². The first-order valence-corrected chi connectivity index (χ1v) is 8.20. The third-order valence-corrected chi connectivity index (χ3v) is 5.07. The number of halogens is 2. The second-order valence-electron chi connectivity index (χ2n) is 6.62. The highest BCUT2D eigenvalue weighted by atomic mass is 35.5. The standard InChI is InChI=1S/C17H24N2O3.2ClH/c1-13-8-15-16(21-12-20-15)9-14(13)10-19-6-7-22-17(11-19)2-4-18-5-3-17;;/h8-9,18H,2-7,10-12H2,1H3;2*1H. The minimum atomic E-state index is 0. The summed E-state index contributed by atoms with van der Waals surface area (Å²) in [5, 5.41) is 3.43. The van der Waals surface area contributed by atoms with Crippen LogP contribution in [0, 0.1) is 6.92 Å². The van der Waals surface area contributed by atoms with Crippen molar-refractivity contribution in [2.24, 2.45) is 0 Å². The lowest BCUT2D eigenvalue weighted by Crippen LogP contribution is -2.55. The van der Waals surface area contributed by atoms with Gasteiger partial charge in [0.25, 0.3) is 0 Å². The van der Waals surface area contributed by atoms with Gasteiger partial charge in [-0.1, -0.05) is 0 Å². The van der Waals surface area contributed by atoms with Gasteiger partial charge in [0, 0.05) is 19.6 Å². The largest absolute Gasteiger partial charge is 0.454 e. The van der Waals surface area contributed by atoms with Gasteiger partial charge in [0.1, 0.15) is 0 Å². The molecular formula is C17H26Cl2N2O3.